The Morgan fingerprint density at radius 3 is 2.50 bits per heavy atom. The lowest BCUT2D eigenvalue weighted by Crippen LogP contribution is -2.01. The summed E-state index contributed by atoms with van der Waals surface area (Å²) in [6.07, 6.45) is 0. The lowest BCUT2D eigenvalue weighted by Gasteiger charge is -1.83. The number of carbonyl (C=O) groups excluding carboxylic acids is 2. The third kappa shape index (κ3) is 3.64. The van der Waals surface area contributed by atoms with E-state index in [1.54, 1.807) is 0 Å². The molecule has 4 heteroatoms. The number of rotatable bonds is 1. The van der Waals surface area contributed by atoms with Crippen LogP contribution in [0.5, 0.6) is 0 Å². The molecule has 10 heavy (non-hydrogen) atoms. The van der Waals surface area contributed by atoms with E-state index in [4.69, 9.17) is 5.11 Å². The smallest absolute Gasteiger partial charge is 0.384 e. The van der Waals surface area contributed by atoms with Gasteiger partial charge in [-0.05, 0) is 5.92 Å². The quantitative estimate of drug-likeness (QED) is 0.214. The van der Waals surface area contributed by atoms with Crippen molar-refractivity contribution in [1.29, 1.82) is 0 Å². The Labute approximate surface area is 57.8 Å². The van der Waals surface area contributed by atoms with Gasteiger partial charge in [-0.25, -0.2) is 4.79 Å². The van der Waals surface area contributed by atoms with Crippen molar-refractivity contribution in [3.8, 4) is 11.8 Å². The summed E-state index contributed by atoms with van der Waals surface area (Å²) < 4.78 is 4.10. The molecule has 0 aromatic rings. The van der Waals surface area contributed by atoms with Gasteiger partial charge < -0.3 is 9.84 Å². The van der Waals surface area contributed by atoms with Crippen LogP contribution in [0.2, 0.25) is 0 Å². The lowest BCUT2D eigenvalue weighted by atomic mass is 10.4. The van der Waals surface area contributed by atoms with Gasteiger partial charge in [0, 0.05) is 5.92 Å². The molecule has 1 N–H and O–H groups in total. The fourth-order valence-corrected chi connectivity index (χ4v) is 0.211. The van der Waals surface area contributed by atoms with Gasteiger partial charge in [0.25, 0.3) is 0 Å². The van der Waals surface area contributed by atoms with Crippen molar-refractivity contribution in [2.24, 2.45) is 0 Å². The largest absolute Gasteiger partial charge is 0.459 e. The van der Waals surface area contributed by atoms with Crippen molar-refractivity contribution in [2.45, 2.75) is 0 Å². The molecule has 0 atom stereocenters. The van der Waals surface area contributed by atoms with E-state index in [1.165, 1.54) is 0 Å². The zero-order valence-electron chi connectivity index (χ0n) is 5.38. The zero-order valence-corrected chi connectivity index (χ0v) is 5.38. The van der Waals surface area contributed by atoms with E-state index in [0.717, 1.165) is 7.11 Å². The van der Waals surface area contributed by atoms with Gasteiger partial charge in [-0.1, -0.05) is 0 Å². The molecule has 0 aromatic heterocycles. The second kappa shape index (κ2) is 4.53. The molecule has 54 valence electrons. The first kappa shape index (κ1) is 8.66. The van der Waals surface area contributed by atoms with Crippen LogP contribution in [-0.4, -0.2) is 30.6 Å². The second-order valence-electron chi connectivity index (χ2n) is 1.32. The molecular formula is C6H6O4. The Morgan fingerprint density at radius 1 is 1.50 bits per heavy atom. The number of Topliss-reactive ketones (excluding diaryl/α,β-unsaturated/α-hetero) is 1. The minimum atomic E-state index is -0.790. The van der Waals surface area contributed by atoms with Crippen molar-refractivity contribution >= 4 is 11.8 Å². The molecular weight excluding hydrogens is 136 g/mol. The van der Waals surface area contributed by atoms with E-state index in [-0.39, 0.29) is 0 Å². The van der Waals surface area contributed by atoms with Crippen molar-refractivity contribution in [2.75, 3.05) is 13.7 Å². The highest BCUT2D eigenvalue weighted by molar-refractivity contribution is 6.02. The van der Waals surface area contributed by atoms with Crippen LogP contribution in [-0.2, 0) is 14.3 Å². The van der Waals surface area contributed by atoms with E-state index in [9.17, 15) is 9.59 Å². The maximum absolute atomic E-state index is 10.2. The van der Waals surface area contributed by atoms with Gasteiger partial charge in [-0.2, -0.15) is 0 Å². The predicted octanol–water partition coefficient (Wildman–Crippen LogP) is -1.28. The van der Waals surface area contributed by atoms with E-state index in [0.29, 0.717) is 0 Å². The Hall–Kier alpha value is -1.34. The summed E-state index contributed by atoms with van der Waals surface area (Å²) in [6.45, 7) is -0.677. The predicted molar refractivity (Wildman–Crippen MR) is 31.9 cm³/mol. The van der Waals surface area contributed by atoms with Crippen molar-refractivity contribution in [3.05, 3.63) is 0 Å². The molecule has 0 bridgehead atoms. The van der Waals surface area contributed by atoms with E-state index in [1.807, 2.05) is 11.8 Å². The SMILES string of the molecule is COC(=O)C#CC(=O)CO. The number of aliphatic hydroxyl groups is 1. The Kier molecular flexibility index (Phi) is 3.92. The van der Waals surface area contributed by atoms with Crippen LogP contribution in [0.1, 0.15) is 0 Å². The van der Waals surface area contributed by atoms with Crippen LogP contribution >= 0.6 is 0 Å². The number of methoxy groups -OCH3 is 1. The standard InChI is InChI=1S/C6H6O4/c1-10-6(9)3-2-5(8)4-7/h7H,4H2,1H3. The van der Waals surface area contributed by atoms with Crippen LogP contribution in [0.25, 0.3) is 0 Å². The van der Waals surface area contributed by atoms with Crippen LogP contribution in [0.3, 0.4) is 0 Å². The zero-order chi connectivity index (χ0) is 7.98. The second-order valence-corrected chi connectivity index (χ2v) is 1.32. The molecule has 0 aliphatic heterocycles. The first-order valence-corrected chi connectivity index (χ1v) is 2.44. The number of hydrogen-bond donors (Lipinski definition) is 1. The molecule has 0 fully saturated rings. The molecule has 0 amide bonds. The Morgan fingerprint density at radius 2 is 2.10 bits per heavy atom. The number of ether oxygens (including phenoxy) is 1. The van der Waals surface area contributed by atoms with Crippen LogP contribution in [0, 0.1) is 11.8 Å². The summed E-state index contributed by atoms with van der Waals surface area (Å²) in [5, 5.41) is 8.12. The maximum atomic E-state index is 10.2. The number of aliphatic hydroxyl groups excluding tert-OH is 1. The summed E-state index contributed by atoms with van der Waals surface area (Å²) in [7, 11) is 1.15. The summed E-state index contributed by atoms with van der Waals surface area (Å²) in [4.78, 5) is 20.4. The van der Waals surface area contributed by atoms with E-state index < -0.39 is 18.4 Å². The number of ketones is 1. The molecule has 0 saturated heterocycles. The lowest BCUT2D eigenvalue weighted by molar-refractivity contribution is -0.134. The fraction of sp³-hybridized carbons (Fsp3) is 0.333. The van der Waals surface area contributed by atoms with Crippen molar-refractivity contribution in [1.82, 2.24) is 0 Å². The average molecular weight is 142 g/mol. The summed E-state index contributed by atoms with van der Waals surface area (Å²) >= 11 is 0. The minimum absolute atomic E-state index is 0.677. The first-order valence-electron chi connectivity index (χ1n) is 2.44. The number of hydrogen-bond acceptors (Lipinski definition) is 4. The van der Waals surface area contributed by atoms with Gasteiger partial charge in [0.2, 0.25) is 5.78 Å². The molecule has 0 aliphatic carbocycles. The van der Waals surface area contributed by atoms with E-state index >= 15 is 0 Å². The van der Waals surface area contributed by atoms with Gasteiger partial charge >= 0.3 is 5.97 Å². The molecule has 4 nitrogen and oxygen atoms in total. The highest BCUT2D eigenvalue weighted by Gasteiger charge is 1.93. The van der Waals surface area contributed by atoms with Gasteiger partial charge in [0.05, 0.1) is 7.11 Å². The van der Waals surface area contributed by atoms with Crippen molar-refractivity contribution in [3.63, 3.8) is 0 Å². The Balaban J connectivity index is 3.91. The van der Waals surface area contributed by atoms with Gasteiger partial charge in [0.1, 0.15) is 6.61 Å². The summed E-state index contributed by atoms with van der Waals surface area (Å²) in [5.74, 6) is 2.24. The third-order valence-corrected chi connectivity index (χ3v) is 0.633. The normalized spacial score (nSPS) is 7.40. The molecule has 0 unspecified atom stereocenters. The molecule has 0 rings (SSSR count). The van der Waals surface area contributed by atoms with Gasteiger partial charge in [0.15, 0.2) is 0 Å². The fourth-order valence-electron chi connectivity index (χ4n) is 0.211. The van der Waals surface area contributed by atoms with Crippen molar-refractivity contribution < 1.29 is 19.4 Å². The molecule has 0 saturated carbocycles. The molecule has 0 heterocycles. The van der Waals surface area contributed by atoms with E-state index in [2.05, 4.69) is 4.74 Å². The third-order valence-electron chi connectivity index (χ3n) is 0.633. The van der Waals surface area contributed by atoms with Crippen LogP contribution < -0.4 is 0 Å². The topological polar surface area (TPSA) is 63.6 Å². The Bertz CT molecular complexity index is 176. The van der Waals surface area contributed by atoms with Crippen LogP contribution in [0.15, 0.2) is 0 Å². The molecule has 0 aromatic carbocycles. The van der Waals surface area contributed by atoms with Gasteiger partial charge in [-0.15, -0.1) is 0 Å². The van der Waals surface area contributed by atoms with Gasteiger partial charge in [-0.3, -0.25) is 4.79 Å². The van der Waals surface area contributed by atoms with Crippen LogP contribution in [0.4, 0.5) is 0 Å². The summed E-state index contributed by atoms with van der Waals surface area (Å²) in [5.41, 5.74) is 0. The number of carbonyl (C=O) groups is 2. The molecule has 0 spiro atoms. The number of esters is 1. The highest BCUT2D eigenvalue weighted by atomic mass is 16.5. The first-order chi connectivity index (χ1) is 4.70. The summed E-state index contributed by atoms with van der Waals surface area (Å²) in [6, 6.07) is 0. The molecule has 0 aliphatic rings. The minimum Gasteiger partial charge on any atom is -0.459 e. The monoisotopic (exact) mass is 142 g/mol. The highest BCUT2D eigenvalue weighted by Crippen LogP contribution is 1.69. The molecule has 0 radical (unpaired) electrons. The average Bonchev–Trinajstić information content (AvgIpc) is 1.99. The maximum Gasteiger partial charge on any atom is 0.384 e.